The predicted octanol–water partition coefficient (Wildman–Crippen LogP) is 32.7. The van der Waals surface area contributed by atoms with Crippen molar-refractivity contribution in [3.8, 4) is 56.0 Å². The topological polar surface area (TPSA) is 40.5 Å². The molecule has 0 radical (unpaired) electrons. The van der Waals surface area contributed by atoms with Crippen LogP contribution in [0.3, 0.4) is 0 Å². The average molecular weight is 1560 g/mol. The van der Waals surface area contributed by atoms with Crippen LogP contribution in [-0.2, 0) is 31.9 Å². The molecule has 2 aliphatic carbocycles. The first-order valence-electron chi connectivity index (χ1n) is 39.9. The van der Waals surface area contributed by atoms with Crippen LogP contribution >= 0.6 is 46.4 Å². The van der Waals surface area contributed by atoms with Crippen molar-refractivity contribution in [1.29, 1.82) is 0 Å². The molecule has 10 aromatic carbocycles. The lowest BCUT2D eigenvalue weighted by molar-refractivity contribution is -0.137. The molecule has 10 aromatic rings. The van der Waals surface area contributed by atoms with Crippen LogP contribution in [0.15, 0.2) is 182 Å². The smallest absolute Gasteiger partial charge is 0.417 e. The van der Waals surface area contributed by atoms with Crippen LogP contribution in [0, 0.1) is 99.8 Å². The van der Waals surface area contributed by atoms with E-state index in [4.69, 9.17) is 46.4 Å². The number of aromatic hydroxyl groups is 2. The molecule has 2 aliphatic rings. The van der Waals surface area contributed by atoms with E-state index < -0.39 is 11.7 Å². The number of alkyl halides is 3. The summed E-state index contributed by atoms with van der Waals surface area (Å²) in [7, 11) is 0. The summed E-state index contributed by atoms with van der Waals surface area (Å²) in [6.45, 7) is 39.7. The third-order valence-corrected chi connectivity index (χ3v) is 23.0. The van der Waals surface area contributed by atoms with Gasteiger partial charge >= 0.3 is 6.18 Å². The summed E-state index contributed by atoms with van der Waals surface area (Å²) in [4.78, 5) is 0. The second kappa shape index (κ2) is 46.5. The number of aryl methyl sites for hydroxylation is 15. The van der Waals surface area contributed by atoms with E-state index in [0.29, 0.717) is 31.2 Å². The maximum atomic E-state index is 13.1. The second-order valence-corrected chi connectivity index (χ2v) is 31.8. The fourth-order valence-corrected chi connectivity index (χ4v) is 15.0. The highest BCUT2D eigenvalue weighted by Gasteiger charge is 2.34. The van der Waals surface area contributed by atoms with Gasteiger partial charge in [0.15, 0.2) is 0 Å². The van der Waals surface area contributed by atoms with Crippen molar-refractivity contribution in [1.82, 2.24) is 0 Å². The molecule has 109 heavy (non-hydrogen) atoms. The van der Waals surface area contributed by atoms with E-state index in [0.717, 1.165) is 105 Å². The van der Waals surface area contributed by atoms with Crippen molar-refractivity contribution in [3.63, 3.8) is 0 Å². The minimum atomic E-state index is -4.33. The van der Waals surface area contributed by atoms with Crippen molar-refractivity contribution < 1.29 is 23.4 Å². The Balaban J connectivity index is 0.000000226. The molecular formula is C100H125Cl4F3O2. The van der Waals surface area contributed by atoms with E-state index >= 15 is 0 Å². The average Bonchev–Trinajstić information content (AvgIpc) is 0.802. The Kier molecular flexibility index (Phi) is 39.4. The summed E-state index contributed by atoms with van der Waals surface area (Å²) < 4.78 is 39.4. The van der Waals surface area contributed by atoms with Crippen LogP contribution in [0.4, 0.5) is 13.2 Å². The van der Waals surface area contributed by atoms with Gasteiger partial charge in [0.2, 0.25) is 0 Å². The summed E-state index contributed by atoms with van der Waals surface area (Å²) in [6, 6.07) is 59.1. The third kappa shape index (κ3) is 30.1. The Labute approximate surface area is 676 Å². The van der Waals surface area contributed by atoms with Gasteiger partial charge in [0.05, 0.1) is 5.56 Å². The number of phenols is 2. The quantitative estimate of drug-likeness (QED) is 0.128. The van der Waals surface area contributed by atoms with E-state index in [1.165, 1.54) is 139 Å². The van der Waals surface area contributed by atoms with Crippen molar-refractivity contribution in [2.24, 2.45) is 23.7 Å². The maximum absolute atomic E-state index is 13.1. The number of hydrogen-bond donors (Lipinski definition) is 2. The molecule has 0 aromatic heterocycles. The largest absolute Gasteiger partial charge is 0.508 e. The zero-order valence-corrected chi connectivity index (χ0v) is 72.0. The summed E-state index contributed by atoms with van der Waals surface area (Å²) >= 11 is 24.7. The Bertz CT molecular complexity index is 4210. The van der Waals surface area contributed by atoms with Gasteiger partial charge in [-0.05, 0) is 269 Å². The lowest BCUT2D eigenvalue weighted by Crippen LogP contribution is -2.13. The van der Waals surface area contributed by atoms with Crippen molar-refractivity contribution in [3.05, 3.63) is 291 Å². The van der Waals surface area contributed by atoms with E-state index in [-0.39, 0.29) is 17.1 Å². The SMILES string of the molecule is CCC1CCC(CC)CC1.CCC1CCCC(CC)C1.CCc1ccc(CC)cc1.CCc1cccc(CC)c1.Cc1cc(Cl)c(-c2cc(Cl)c(C)cc2Cl)cc1Cl.Cc1ccc(-c2ccc(C)c(O)c2)cc1O.Cc1ccc(-c2ccc(C)cc2C(F)(F)F)c(C)c1.Cc1ccc(-c2ccc(C)cc2C)c(C)c1. The third-order valence-electron chi connectivity index (χ3n) is 21.6. The standard InChI is InChI=1S/C16H15F3.C16H18.C14H10Cl4.C14H14O2.C10H20.C10H14.C10H20.C10H14/c1-10-4-6-13(12(3)8-10)14-7-5-11(2)9-15(14)16(17,18)19;1-11-5-7-15(13(3)9-11)16-8-6-12(2)10-14(16)4;1-7-3-13(17)9(5-11(7)15)10-6-12(16)8(2)4-14(10)18;1-9-3-5-11(7-13(9)15)12-6-4-10(2)14(16)8-12;2*1-3-9-5-7-10(4-2)8-6-9;2*1-3-9-6-5-7-10(4-2)8-9/h4-9H,1-3H3;5-10H,1-4H3;3-6H,1-2H3;3-8,15-16H,1-2H3;9-10H,3-8H2,1-2H3;5-8H,3-4H2,1-2H3;9-10H,3-8H2,1-2H3;5-8H,3-4H2,1-2H3. The number of rotatable bonds is 12. The number of phenolic OH excluding ortho intramolecular Hbond substituents is 2. The number of hydrogen-bond acceptors (Lipinski definition) is 2. The lowest BCUT2D eigenvalue weighted by Gasteiger charge is -2.27. The van der Waals surface area contributed by atoms with Gasteiger partial charge in [-0.2, -0.15) is 13.2 Å². The van der Waals surface area contributed by atoms with E-state index in [1.807, 2.05) is 102 Å². The second-order valence-electron chi connectivity index (χ2n) is 30.1. The summed E-state index contributed by atoms with van der Waals surface area (Å²) in [5.74, 6) is 4.83. The van der Waals surface area contributed by atoms with Gasteiger partial charge in [0.25, 0.3) is 0 Å². The lowest BCUT2D eigenvalue weighted by atomic mass is 9.79. The number of benzene rings is 10. The van der Waals surface area contributed by atoms with Gasteiger partial charge in [-0.3, -0.25) is 0 Å². The Hall–Kier alpha value is -7.25. The summed E-state index contributed by atoms with van der Waals surface area (Å²) in [5, 5.41) is 21.8. The van der Waals surface area contributed by atoms with Crippen molar-refractivity contribution >= 4 is 46.4 Å². The Morgan fingerprint density at radius 1 is 0.303 bits per heavy atom. The van der Waals surface area contributed by atoms with Gasteiger partial charge in [-0.1, -0.05) is 334 Å². The molecular weight excluding hydrogens is 1430 g/mol. The predicted molar refractivity (Wildman–Crippen MR) is 470 cm³/mol. The van der Waals surface area contributed by atoms with Crippen LogP contribution in [-0.4, -0.2) is 10.2 Å². The van der Waals surface area contributed by atoms with Gasteiger partial charge in [-0.25, -0.2) is 0 Å². The fourth-order valence-electron chi connectivity index (χ4n) is 14.0. The zero-order chi connectivity index (χ0) is 80.7. The first kappa shape index (κ1) is 92.4. The monoisotopic (exact) mass is 1550 g/mol. The highest BCUT2D eigenvalue weighted by Crippen LogP contribution is 2.42. The first-order chi connectivity index (χ1) is 51.8. The van der Waals surface area contributed by atoms with E-state index in [1.54, 1.807) is 37.3 Å². The molecule has 586 valence electrons. The fraction of sp³-hybridized carbons (Fsp3) is 0.400. The molecule has 0 heterocycles. The zero-order valence-electron chi connectivity index (χ0n) is 69.0. The van der Waals surface area contributed by atoms with Crippen molar-refractivity contribution in [2.45, 2.75) is 240 Å². The molecule has 12 rings (SSSR count). The van der Waals surface area contributed by atoms with Crippen LogP contribution in [0.25, 0.3) is 44.5 Å². The normalized spacial score (nSPS) is 15.0. The molecule has 0 saturated heterocycles. The minimum absolute atomic E-state index is 0.246. The summed E-state index contributed by atoms with van der Waals surface area (Å²) in [6.07, 6.45) is 18.0. The highest BCUT2D eigenvalue weighted by atomic mass is 35.5. The minimum Gasteiger partial charge on any atom is -0.508 e. The molecule has 0 bridgehead atoms. The van der Waals surface area contributed by atoms with Crippen LogP contribution in [0.2, 0.25) is 20.1 Å². The van der Waals surface area contributed by atoms with Crippen LogP contribution in [0.5, 0.6) is 11.5 Å². The van der Waals surface area contributed by atoms with Crippen molar-refractivity contribution in [2.75, 3.05) is 0 Å². The van der Waals surface area contributed by atoms with E-state index in [2.05, 4.69) is 168 Å². The molecule has 2 atom stereocenters. The molecule has 2 N–H and O–H groups in total. The molecule has 9 heteroatoms. The van der Waals surface area contributed by atoms with Crippen LogP contribution < -0.4 is 0 Å². The molecule has 2 unspecified atom stereocenters. The molecule has 2 saturated carbocycles. The summed E-state index contributed by atoms with van der Waals surface area (Å²) in [5.41, 5.74) is 23.6. The van der Waals surface area contributed by atoms with Crippen LogP contribution in [0.1, 0.15) is 221 Å². The molecule has 0 aliphatic heterocycles. The first-order valence-corrected chi connectivity index (χ1v) is 41.4. The molecule has 0 amide bonds. The van der Waals surface area contributed by atoms with Gasteiger partial charge in [0, 0.05) is 31.2 Å². The van der Waals surface area contributed by atoms with Gasteiger partial charge < -0.3 is 10.2 Å². The Morgan fingerprint density at radius 2 is 0.633 bits per heavy atom. The maximum Gasteiger partial charge on any atom is 0.417 e. The van der Waals surface area contributed by atoms with E-state index in [9.17, 15) is 23.4 Å². The highest BCUT2D eigenvalue weighted by molar-refractivity contribution is 6.39. The Morgan fingerprint density at radius 3 is 0.945 bits per heavy atom. The molecule has 2 nitrogen and oxygen atoms in total. The molecule has 2 fully saturated rings. The van der Waals surface area contributed by atoms with Gasteiger partial charge in [-0.15, -0.1) is 0 Å². The molecule has 0 spiro atoms. The van der Waals surface area contributed by atoms with Gasteiger partial charge in [0.1, 0.15) is 11.5 Å². The number of halogens is 7.